The second kappa shape index (κ2) is 23.3. The van der Waals surface area contributed by atoms with Gasteiger partial charge in [0.15, 0.2) is 11.6 Å². The van der Waals surface area contributed by atoms with Crippen LogP contribution in [0.5, 0.6) is 0 Å². The third-order valence-electron chi connectivity index (χ3n) is 1.37. The van der Waals surface area contributed by atoms with E-state index in [1.165, 1.54) is 7.40 Å². The Bertz CT molecular complexity index is 118. The van der Waals surface area contributed by atoms with Crippen molar-refractivity contribution >= 4 is 11.6 Å². The van der Waals surface area contributed by atoms with Crippen molar-refractivity contribution in [2.24, 2.45) is 0 Å². The summed E-state index contributed by atoms with van der Waals surface area (Å²) in [5.74, 6) is -0.340. The lowest BCUT2D eigenvalue weighted by Gasteiger charge is -2.04. The van der Waals surface area contributed by atoms with E-state index in [0.29, 0.717) is 12.8 Å². The normalized spacial score (nSPS) is 13.1. The number of Topliss-reactive ketones (excluding diaryl/α,β-unsaturated/α-hetero) is 2. The zero-order chi connectivity index (χ0) is 14.0. The number of hydrogen-bond donors (Lipinski definition) is 0. The van der Waals surface area contributed by atoms with Gasteiger partial charge in [0.05, 0.1) is 0 Å². The summed E-state index contributed by atoms with van der Waals surface area (Å²) in [7, 11) is 1.25. The van der Waals surface area contributed by atoms with Crippen LogP contribution in [0.3, 0.4) is 0 Å². The molecule has 0 heterocycles. The van der Waals surface area contributed by atoms with Gasteiger partial charge in [-0.25, -0.2) is 0 Å². The Labute approximate surface area is 97.9 Å². The zero-order valence-corrected chi connectivity index (χ0v) is 11.6. The van der Waals surface area contributed by atoms with Crippen LogP contribution in [0.2, 0.25) is 0 Å². The SMILES string of the molecule is CC.CC.CC.O=C1CCCCC1=O.[2H]C. The Morgan fingerprint density at radius 3 is 1.13 bits per heavy atom. The lowest BCUT2D eigenvalue weighted by molar-refractivity contribution is -0.137. The largest absolute Gasteiger partial charge is 0.291 e. The van der Waals surface area contributed by atoms with E-state index in [1.807, 2.05) is 41.5 Å². The van der Waals surface area contributed by atoms with E-state index in [2.05, 4.69) is 0 Å². The molecule has 0 bridgehead atoms. The van der Waals surface area contributed by atoms with Gasteiger partial charge in [-0.2, -0.15) is 0 Å². The molecule has 0 atom stereocenters. The fourth-order valence-electron chi connectivity index (χ4n) is 0.850. The Kier molecular flexibility index (Phi) is 30.8. The molecular weight excluding hydrogens is 188 g/mol. The topological polar surface area (TPSA) is 34.1 Å². The Hall–Kier alpha value is -0.660. The highest BCUT2D eigenvalue weighted by molar-refractivity contribution is 6.37. The second-order valence-electron chi connectivity index (χ2n) is 2.05. The van der Waals surface area contributed by atoms with E-state index < -0.39 is 0 Å². The van der Waals surface area contributed by atoms with Crippen molar-refractivity contribution in [1.82, 2.24) is 0 Å². The first-order chi connectivity index (χ1) is 7.80. The Morgan fingerprint density at radius 2 is 1.00 bits per heavy atom. The molecule has 1 saturated carbocycles. The summed E-state index contributed by atoms with van der Waals surface area (Å²) in [5, 5.41) is 0. The van der Waals surface area contributed by atoms with E-state index in [-0.39, 0.29) is 11.6 Å². The molecule has 0 amide bonds. The van der Waals surface area contributed by atoms with Gasteiger partial charge < -0.3 is 0 Å². The Balaban J connectivity index is -0.0000000771. The van der Waals surface area contributed by atoms with E-state index in [1.54, 1.807) is 0 Å². The van der Waals surface area contributed by atoms with Crippen molar-refractivity contribution in [3.63, 3.8) is 0 Å². The van der Waals surface area contributed by atoms with E-state index in [0.717, 1.165) is 12.8 Å². The lowest BCUT2D eigenvalue weighted by Crippen LogP contribution is -2.17. The van der Waals surface area contributed by atoms with E-state index in [9.17, 15) is 9.59 Å². The highest BCUT2D eigenvalue weighted by Gasteiger charge is 2.16. The molecule has 1 fully saturated rings. The van der Waals surface area contributed by atoms with Crippen LogP contribution in [0.1, 0.15) is 76.0 Å². The molecule has 1 rings (SSSR count). The summed E-state index contributed by atoms with van der Waals surface area (Å²) in [6.45, 7) is 12.0. The molecule has 0 radical (unpaired) electrons. The third kappa shape index (κ3) is 16.0. The molecule has 0 N–H and O–H groups in total. The zero-order valence-electron chi connectivity index (χ0n) is 12.6. The standard InChI is InChI=1S/C6H8O2.3C2H6.CH4/c7-5-3-1-2-4-6(5)8;3*1-2;/h1-4H2;3*1-2H3;1H4/i;;;;1D. The van der Waals surface area contributed by atoms with E-state index >= 15 is 0 Å². The van der Waals surface area contributed by atoms with Crippen LogP contribution in [0.25, 0.3) is 0 Å². The van der Waals surface area contributed by atoms with Crippen LogP contribution < -0.4 is 0 Å². The van der Waals surface area contributed by atoms with Crippen molar-refractivity contribution in [3.8, 4) is 0 Å². The van der Waals surface area contributed by atoms with Gasteiger partial charge in [0.2, 0.25) is 0 Å². The summed E-state index contributed by atoms with van der Waals surface area (Å²) in [6, 6.07) is 0. The highest BCUT2D eigenvalue weighted by Crippen LogP contribution is 2.09. The van der Waals surface area contributed by atoms with Gasteiger partial charge in [0, 0.05) is 14.2 Å². The first-order valence-corrected chi connectivity index (χ1v) is 5.87. The number of carbonyl (C=O) groups excluding carboxylic acids is 2. The average molecular weight is 219 g/mol. The molecule has 1 aliphatic carbocycles. The van der Waals surface area contributed by atoms with Gasteiger partial charge in [0.25, 0.3) is 0 Å². The van der Waals surface area contributed by atoms with Crippen molar-refractivity contribution in [1.29, 1.82) is 0 Å². The lowest BCUT2D eigenvalue weighted by atomic mass is 9.98. The van der Waals surface area contributed by atoms with Crippen LogP contribution in [0.15, 0.2) is 0 Å². The quantitative estimate of drug-likeness (QED) is 0.565. The average Bonchev–Trinajstić information content (AvgIpc) is 2.42. The molecule has 0 aromatic rings. The number of rotatable bonds is 0. The Morgan fingerprint density at radius 1 is 0.800 bits per heavy atom. The van der Waals surface area contributed by atoms with Gasteiger partial charge in [-0.15, -0.1) is 0 Å². The number of ketones is 2. The van der Waals surface area contributed by atoms with Crippen molar-refractivity contribution in [3.05, 3.63) is 0 Å². The maximum Gasteiger partial charge on any atom is 0.198 e. The minimum atomic E-state index is -0.170. The van der Waals surface area contributed by atoms with Crippen LogP contribution in [0.4, 0.5) is 0 Å². The van der Waals surface area contributed by atoms with Crippen molar-refractivity contribution in [2.75, 3.05) is 0 Å². The van der Waals surface area contributed by atoms with Gasteiger partial charge in [0.1, 0.15) is 0 Å². The molecule has 0 aromatic carbocycles. The smallest absolute Gasteiger partial charge is 0.198 e. The molecule has 2 nitrogen and oxygen atoms in total. The monoisotopic (exact) mass is 219 g/mol. The molecule has 2 heteroatoms. The molecule has 0 spiro atoms. The fourth-order valence-corrected chi connectivity index (χ4v) is 0.850. The summed E-state index contributed by atoms with van der Waals surface area (Å²) in [4.78, 5) is 20.9. The van der Waals surface area contributed by atoms with Crippen LogP contribution >= 0.6 is 0 Å². The van der Waals surface area contributed by atoms with Gasteiger partial charge >= 0.3 is 0 Å². The van der Waals surface area contributed by atoms with E-state index in [4.69, 9.17) is 1.37 Å². The number of carbonyl (C=O) groups is 2. The van der Waals surface area contributed by atoms with Gasteiger partial charge in [-0.05, 0) is 12.8 Å². The molecule has 0 unspecified atom stereocenters. The summed E-state index contributed by atoms with van der Waals surface area (Å²) >= 11 is 0. The van der Waals surface area contributed by atoms with Gasteiger partial charge in [-0.3, -0.25) is 9.59 Å². The number of hydrogen-bond acceptors (Lipinski definition) is 2. The van der Waals surface area contributed by atoms with Crippen LogP contribution in [-0.2, 0) is 9.59 Å². The molecular formula is C13H30O2. The minimum Gasteiger partial charge on any atom is -0.291 e. The summed E-state index contributed by atoms with van der Waals surface area (Å²) < 4.78 is 5.75. The second-order valence-corrected chi connectivity index (χ2v) is 2.05. The predicted molar refractivity (Wildman–Crippen MR) is 69.3 cm³/mol. The summed E-state index contributed by atoms with van der Waals surface area (Å²) in [6.07, 6.45) is 2.78. The molecule has 0 aliphatic heterocycles. The maximum atomic E-state index is 10.4. The minimum absolute atomic E-state index is 0.170. The molecule has 0 saturated heterocycles. The third-order valence-corrected chi connectivity index (χ3v) is 1.37. The molecule has 94 valence electrons. The first-order valence-electron chi connectivity index (χ1n) is 6.87. The fraction of sp³-hybridized carbons (Fsp3) is 0.846. The molecule has 1 aliphatic rings. The van der Waals surface area contributed by atoms with Gasteiger partial charge in [-0.1, -0.05) is 48.9 Å². The first kappa shape index (κ1) is 19.8. The van der Waals surface area contributed by atoms with Crippen LogP contribution in [0, 0.1) is 0 Å². The summed E-state index contributed by atoms with van der Waals surface area (Å²) in [5.41, 5.74) is 0. The van der Waals surface area contributed by atoms with Crippen LogP contribution in [-0.4, -0.2) is 11.6 Å². The predicted octanol–water partition coefficient (Wildman–Crippen LogP) is 4.41. The molecule has 0 aromatic heterocycles. The maximum absolute atomic E-state index is 10.4. The van der Waals surface area contributed by atoms with Crippen molar-refractivity contribution < 1.29 is 11.0 Å². The highest BCUT2D eigenvalue weighted by atomic mass is 16.2. The van der Waals surface area contributed by atoms with Crippen molar-refractivity contribution in [2.45, 2.75) is 74.6 Å². The molecule has 15 heavy (non-hydrogen) atoms.